The zero-order valence-corrected chi connectivity index (χ0v) is 8.31. The molecule has 0 fully saturated rings. The second-order valence-electron chi connectivity index (χ2n) is 3.28. The molecule has 5 heteroatoms. The van der Waals surface area contributed by atoms with Crippen LogP contribution >= 0.6 is 0 Å². The summed E-state index contributed by atoms with van der Waals surface area (Å²) < 4.78 is 14.8. The SMILES string of the molecule is Cn1nc(Cc2ccccc2F)nc1N. The van der Waals surface area contributed by atoms with Crippen molar-refractivity contribution in [2.24, 2.45) is 7.05 Å². The summed E-state index contributed by atoms with van der Waals surface area (Å²) in [7, 11) is 1.70. The summed E-state index contributed by atoms with van der Waals surface area (Å²) in [5, 5.41) is 4.06. The van der Waals surface area contributed by atoms with E-state index in [0.717, 1.165) is 0 Å². The quantitative estimate of drug-likeness (QED) is 0.801. The van der Waals surface area contributed by atoms with Crippen LogP contribution in [0.15, 0.2) is 24.3 Å². The van der Waals surface area contributed by atoms with Gasteiger partial charge < -0.3 is 5.73 Å². The van der Waals surface area contributed by atoms with Gasteiger partial charge in [0.25, 0.3) is 0 Å². The summed E-state index contributed by atoms with van der Waals surface area (Å²) in [5.74, 6) is 0.616. The van der Waals surface area contributed by atoms with E-state index in [-0.39, 0.29) is 5.82 Å². The zero-order chi connectivity index (χ0) is 10.8. The number of rotatable bonds is 2. The van der Waals surface area contributed by atoms with E-state index in [1.807, 2.05) is 0 Å². The maximum absolute atomic E-state index is 13.3. The molecule has 0 amide bonds. The normalized spacial score (nSPS) is 10.5. The lowest BCUT2D eigenvalue weighted by Gasteiger charge is -1.98. The zero-order valence-electron chi connectivity index (χ0n) is 8.31. The first-order valence-electron chi connectivity index (χ1n) is 4.55. The van der Waals surface area contributed by atoms with Crippen LogP contribution in [-0.2, 0) is 13.5 Å². The van der Waals surface area contributed by atoms with E-state index < -0.39 is 0 Å². The van der Waals surface area contributed by atoms with Crippen LogP contribution in [0.3, 0.4) is 0 Å². The molecule has 0 saturated heterocycles. The van der Waals surface area contributed by atoms with Gasteiger partial charge in [0.1, 0.15) is 5.82 Å². The minimum absolute atomic E-state index is 0.247. The Morgan fingerprint density at radius 1 is 1.40 bits per heavy atom. The van der Waals surface area contributed by atoms with E-state index >= 15 is 0 Å². The highest BCUT2D eigenvalue weighted by molar-refractivity contribution is 5.23. The van der Waals surface area contributed by atoms with Crippen LogP contribution in [0.5, 0.6) is 0 Å². The second kappa shape index (κ2) is 3.68. The van der Waals surface area contributed by atoms with Crippen molar-refractivity contribution in [3.63, 3.8) is 0 Å². The highest BCUT2D eigenvalue weighted by atomic mass is 19.1. The Kier molecular flexibility index (Phi) is 2.37. The first-order chi connectivity index (χ1) is 7.16. The smallest absolute Gasteiger partial charge is 0.218 e. The van der Waals surface area contributed by atoms with Gasteiger partial charge in [-0.25, -0.2) is 9.07 Å². The van der Waals surface area contributed by atoms with Gasteiger partial charge in [0.05, 0.1) is 0 Å². The van der Waals surface area contributed by atoms with Crippen molar-refractivity contribution in [1.82, 2.24) is 14.8 Å². The molecule has 15 heavy (non-hydrogen) atoms. The van der Waals surface area contributed by atoms with Crippen LogP contribution < -0.4 is 5.73 Å². The summed E-state index contributed by atoms with van der Waals surface area (Å²) in [6.45, 7) is 0. The molecule has 0 aliphatic carbocycles. The molecular formula is C10H11FN4. The molecular weight excluding hydrogens is 195 g/mol. The monoisotopic (exact) mass is 206 g/mol. The van der Waals surface area contributed by atoms with E-state index in [2.05, 4.69) is 10.1 Å². The van der Waals surface area contributed by atoms with E-state index in [9.17, 15) is 4.39 Å². The van der Waals surface area contributed by atoms with Gasteiger partial charge >= 0.3 is 0 Å². The van der Waals surface area contributed by atoms with Crippen molar-refractivity contribution in [2.75, 3.05) is 5.73 Å². The first kappa shape index (κ1) is 9.64. The van der Waals surface area contributed by atoms with Gasteiger partial charge in [-0.1, -0.05) is 18.2 Å². The van der Waals surface area contributed by atoms with E-state index in [1.54, 1.807) is 25.2 Å². The summed E-state index contributed by atoms with van der Waals surface area (Å²) in [4.78, 5) is 4.01. The lowest BCUT2D eigenvalue weighted by molar-refractivity contribution is 0.611. The van der Waals surface area contributed by atoms with Crippen molar-refractivity contribution in [3.8, 4) is 0 Å². The molecule has 4 nitrogen and oxygen atoms in total. The van der Waals surface area contributed by atoms with E-state index in [0.29, 0.717) is 23.8 Å². The number of aromatic nitrogens is 3. The molecule has 1 heterocycles. The number of anilines is 1. The van der Waals surface area contributed by atoms with Gasteiger partial charge in [0.15, 0.2) is 5.82 Å². The molecule has 1 aromatic heterocycles. The number of nitrogens with two attached hydrogens (primary N) is 1. The van der Waals surface area contributed by atoms with Crippen LogP contribution in [0.4, 0.5) is 10.3 Å². The van der Waals surface area contributed by atoms with Crippen molar-refractivity contribution in [2.45, 2.75) is 6.42 Å². The topological polar surface area (TPSA) is 56.7 Å². The summed E-state index contributed by atoms with van der Waals surface area (Å²) in [6.07, 6.45) is 0.359. The van der Waals surface area contributed by atoms with Crippen LogP contribution in [0, 0.1) is 5.82 Å². The standard InChI is InChI=1S/C10H11FN4/c1-15-10(12)13-9(14-15)6-7-4-2-3-5-8(7)11/h2-5H,6H2,1H3,(H2,12,13,14). The van der Waals surface area contributed by atoms with Crippen LogP contribution in [-0.4, -0.2) is 14.8 Å². The number of nitrogens with zero attached hydrogens (tertiary/aromatic N) is 3. The highest BCUT2D eigenvalue weighted by Crippen LogP contribution is 2.11. The Bertz CT molecular complexity index is 459. The molecule has 0 saturated carbocycles. The molecule has 0 bridgehead atoms. The third kappa shape index (κ3) is 1.96. The summed E-state index contributed by atoms with van der Waals surface area (Å²) in [6, 6.07) is 6.56. The predicted octanol–water partition coefficient (Wildman–Crippen LogP) is 1.13. The lowest BCUT2D eigenvalue weighted by Crippen LogP contribution is -1.98. The Morgan fingerprint density at radius 3 is 2.73 bits per heavy atom. The maximum Gasteiger partial charge on any atom is 0.218 e. The summed E-state index contributed by atoms with van der Waals surface area (Å²) in [5.41, 5.74) is 6.10. The minimum atomic E-state index is -0.247. The molecule has 0 aliphatic heterocycles. The van der Waals surface area contributed by atoms with Crippen molar-refractivity contribution in [1.29, 1.82) is 0 Å². The van der Waals surface area contributed by atoms with Gasteiger partial charge in [-0.05, 0) is 11.6 Å². The molecule has 1 aromatic carbocycles. The lowest BCUT2D eigenvalue weighted by atomic mass is 10.1. The maximum atomic E-state index is 13.3. The minimum Gasteiger partial charge on any atom is -0.368 e. The third-order valence-electron chi connectivity index (χ3n) is 2.15. The Morgan fingerprint density at radius 2 is 2.13 bits per heavy atom. The van der Waals surface area contributed by atoms with Crippen molar-refractivity contribution >= 4 is 5.95 Å². The molecule has 0 atom stereocenters. The fourth-order valence-corrected chi connectivity index (χ4v) is 1.34. The number of hydrogen-bond acceptors (Lipinski definition) is 3. The van der Waals surface area contributed by atoms with Crippen LogP contribution in [0.25, 0.3) is 0 Å². The van der Waals surface area contributed by atoms with Gasteiger partial charge in [0, 0.05) is 13.5 Å². The van der Waals surface area contributed by atoms with Gasteiger partial charge in [-0.15, -0.1) is 0 Å². The molecule has 0 unspecified atom stereocenters. The van der Waals surface area contributed by atoms with E-state index in [4.69, 9.17) is 5.73 Å². The van der Waals surface area contributed by atoms with Crippen molar-refractivity contribution in [3.05, 3.63) is 41.5 Å². The molecule has 2 aromatic rings. The average molecular weight is 206 g/mol. The summed E-state index contributed by atoms with van der Waals surface area (Å²) >= 11 is 0. The fraction of sp³-hybridized carbons (Fsp3) is 0.200. The number of halogens is 1. The Balaban J connectivity index is 2.26. The van der Waals surface area contributed by atoms with Gasteiger partial charge in [-0.3, -0.25) is 0 Å². The van der Waals surface area contributed by atoms with Crippen molar-refractivity contribution < 1.29 is 4.39 Å². The van der Waals surface area contributed by atoms with Crippen LogP contribution in [0.1, 0.15) is 11.4 Å². The average Bonchev–Trinajstić information content (AvgIpc) is 2.50. The molecule has 78 valence electrons. The predicted molar refractivity (Wildman–Crippen MR) is 54.6 cm³/mol. The second-order valence-corrected chi connectivity index (χ2v) is 3.28. The van der Waals surface area contributed by atoms with Gasteiger partial charge in [-0.2, -0.15) is 10.1 Å². The Hall–Kier alpha value is -1.91. The number of aryl methyl sites for hydroxylation is 1. The number of benzene rings is 1. The molecule has 0 radical (unpaired) electrons. The fourth-order valence-electron chi connectivity index (χ4n) is 1.34. The Labute approximate surface area is 86.6 Å². The molecule has 2 rings (SSSR count). The largest absolute Gasteiger partial charge is 0.368 e. The molecule has 0 aliphatic rings. The number of nitrogen functional groups attached to an aromatic ring is 1. The highest BCUT2D eigenvalue weighted by Gasteiger charge is 2.07. The van der Waals surface area contributed by atoms with Crippen LogP contribution in [0.2, 0.25) is 0 Å². The third-order valence-corrected chi connectivity index (χ3v) is 2.15. The first-order valence-corrected chi connectivity index (χ1v) is 4.55. The van der Waals surface area contributed by atoms with E-state index in [1.165, 1.54) is 10.7 Å². The van der Waals surface area contributed by atoms with Gasteiger partial charge in [0.2, 0.25) is 5.95 Å². The molecule has 2 N–H and O–H groups in total. The number of hydrogen-bond donors (Lipinski definition) is 1. The molecule has 0 spiro atoms.